The van der Waals surface area contributed by atoms with Gasteiger partial charge in [0.25, 0.3) is 5.91 Å². The van der Waals surface area contributed by atoms with E-state index in [9.17, 15) is 13.6 Å². The average molecular weight is 316 g/mol. The predicted molar refractivity (Wildman–Crippen MR) is 86.4 cm³/mol. The van der Waals surface area contributed by atoms with Gasteiger partial charge in [0, 0.05) is 18.7 Å². The summed E-state index contributed by atoms with van der Waals surface area (Å²) in [6.45, 7) is 4.40. The van der Waals surface area contributed by atoms with Crippen LogP contribution in [0.4, 0.5) is 20.2 Å². The molecule has 1 amide bonds. The zero-order valence-corrected chi connectivity index (χ0v) is 13.0. The molecule has 2 aromatic rings. The number of carbonyl (C=O) groups is 1. The summed E-state index contributed by atoms with van der Waals surface area (Å²) in [6, 6.07) is 10.8. The van der Waals surface area contributed by atoms with Gasteiger partial charge in [-0.05, 0) is 11.5 Å². The van der Waals surface area contributed by atoms with E-state index in [4.69, 9.17) is 0 Å². The number of benzene rings is 2. The molecule has 120 valence electrons. The van der Waals surface area contributed by atoms with Gasteiger partial charge in [-0.3, -0.25) is 4.79 Å². The topological polar surface area (TPSA) is 32.3 Å². The Kier molecular flexibility index (Phi) is 4.03. The molecule has 3 nitrogen and oxygen atoms in total. The van der Waals surface area contributed by atoms with Crippen molar-refractivity contribution in [3.8, 4) is 0 Å². The first-order valence-corrected chi connectivity index (χ1v) is 7.59. The molecule has 2 aromatic carbocycles. The number of amides is 1. The second-order valence-corrected chi connectivity index (χ2v) is 6.11. The summed E-state index contributed by atoms with van der Waals surface area (Å²) >= 11 is 0. The number of nitrogens with zero attached hydrogens (tertiary/aromatic N) is 1. The van der Waals surface area contributed by atoms with Gasteiger partial charge in [0.05, 0.1) is 11.4 Å². The van der Waals surface area contributed by atoms with Crippen molar-refractivity contribution in [2.75, 3.05) is 16.8 Å². The van der Waals surface area contributed by atoms with Gasteiger partial charge in [0.1, 0.15) is 6.04 Å². The van der Waals surface area contributed by atoms with E-state index in [0.29, 0.717) is 17.9 Å². The second kappa shape index (κ2) is 5.99. The molecule has 0 aliphatic carbocycles. The number of fused-ring (bicyclic) bond motifs is 1. The minimum absolute atomic E-state index is 0.164. The molecule has 5 heteroatoms. The second-order valence-electron chi connectivity index (χ2n) is 6.11. The van der Waals surface area contributed by atoms with Gasteiger partial charge in [-0.1, -0.05) is 44.2 Å². The molecule has 0 spiro atoms. The van der Waals surface area contributed by atoms with Crippen LogP contribution in [0.2, 0.25) is 0 Å². The van der Waals surface area contributed by atoms with Crippen LogP contribution in [0, 0.1) is 17.6 Å². The zero-order valence-electron chi connectivity index (χ0n) is 13.0. The summed E-state index contributed by atoms with van der Waals surface area (Å²) in [7, 11) is 0. The first kappa shape index (κ1) is 15.5. The smallest absolute Gasteiger partial charge is 0.254 e. The lowest BCUT2D eigenvalue weighted by Gasteiger charge is -2.36. The number of halogens is 2. The average Bonchev–Trinajstić information content (AvgIpc) is 2.52. The number of hydrogen-bond donors (Lipinski definition) is 1. The normalized spacial score (nSPS) is 17.2. The van der Waals surface area contributed by atoms with Crippen molar-refractivity contribution in [2.24, 2.45) is 5.92 Å². The summed E-state index contributed by atoms with van der Waals surface area (Å²) in [5.74, 6) is -1.84. The predicted octanol–water partition coefficient (Wildman–Crippen LogP) is 4.12. The van der Waals surface area contributed by atoms with Crippen molar-refractivity contribution in [1.82, 2.24) is 0 Å². The Bertz CT molecular complexity index is 731. The zero-order chi connectivity index (χ0) is 16.6. The van der Waals surface area contributed by atoms with E-state index >= 15 is 0 Å². The third-order valence-electron chi connectivity index (χ3n) is 3.82. The summed E-state index contributed by atoms with van der Waals surface area (Å²) < 4.78 is 27.2. The highest BCUT2D eigenvalue weighted by Crippen LogP contribution is 2.38. The molecule has 1 atom stereocenters. The highest BCUT2D eigenvalue weighted by Gasteiger charge is 2.34. The fraction of sp³-hybridized carbons (Fsp3) is 0.278. The van der Waals surface area contributed by atoms with E-state index < -0.39 is 17.7 Å². The Morgan fingerprint density at radius 2 is 1.78 bits per heavy atom. The molecule has 0 saturated carbocycles. The van der Waals surface area contributed by atoms with Crippen LogP contribution in [0.5, 0.6) is 0 Å². The van der Waals surface area contributed by atoms with Gasteiger partial charge in [-0.25, -0.2) is 8.78 Å². The van der Waals surface area contributed by atoms with Gasteiger partial charge in [0.2, 0.25) is 0 Å². The van der Waals surface area contributed by atoms with Crippen molar-refractivity contribution in [1.29, 1.82) is 0 Å². The molecule has 3 rings (SSSR count). The summed E-state index contributed by atoms with van der Waals surface area (Å²) in [5, 5.41) is 3.04. The van der Waals surface area contributed by atoms with Gasteiger partial charge in [0.15, 0.2) is 11.6 Å². The Morgan fingerprint density at radius 1 is 1.13 bits per heavy atom. The Morgan fingerprint density at radius 3 is 2.43 bits per heavy atom. The maximum absolute atomic E-state index is 13.6. The molecular formula is C18H18F2N2O. The lowest BCUT2D eigenvalue weighted by molar-refractivity contribution is -0.119. The molecule has 0 fully saturated rings. The lowest BCUT2D eigenvalue weighted by atomic mass is 10.00. The first-order valence-electron chi connectivity index (χ1n) is 7.59. The third kappa shape index (κ3) is 2.91. The van der Waals surface area contributed by atoms with E-state index in [-0.39, 0.29) is 11.8 Å². The minimum Gasteiger partial charge on any atom is -0.368 e. The SMILES string of the molecule is CC(C)CN1C(=O)C(c2ccccc2)Nc2cc(F)c(F)cc21. The molecule has 1 aliphatic rings. The molecular weight excluding hydrogens is 298 g/mol. The molecule has 1 aliphatic heterocycles. The van der Waals surface area contributed by atoms with Crippen LogP contribution in [0.3, 0.4) is 0 Å². The largest absolute Gasteiger partial charge is 0.368 e. The third-order valence-corrected chi connectivity index (χ3v) is 3.82. The first-order chi connectivity index (χ1) is 11.0. The Hall–Kier alpha value is -2.43. The number of nitrogens with one attached hydrogen (secondary N) is 1. The fourth-order valence-electron chi connectivity index (χ4n) is 2.79. The van der Waals surface area contributed by atoms with Crippen LogP contribution in [0.15, 0.2) is 42.5 Å². The van der Waals surface area contributed by atoms with Crippen molar-refractivity contribution in [2.45, 2.75) is 19.9 Å². The number of anilines is 2. The van der Waals surface area contributed by atoms with E-state index in [0.717, 1.165) is 17.7 Å². The lowest BCUT2D eigenvalue weighted by Crippen LogP contribution is -2.44. The van der Waals surface area contributed by atoms with Crippen molar-refractivity contribution >= 4 is 17.3 Å². The van der Waals surface area contributed by atoms with E-state index in [2.05, 4.69) is 5.32 Å². The van der Waals surface area contributed by atoms with Crippen molar-refractivity contribution < 1.29 is 13.6 Å². The van der Waals surface area contributed by atoms with Gasteiger partial charge in [-0.2, -0.15) is 0 Å². The molecule has 1 unspecified atom stereocenters. The van der Waals surface area contributed by atoms with E-state index in [1.807, 2.05) is 44.2 Å². The molecule has 0 aromatic heterocycles. The molecule has 1 N–H and O–H groups in total. The highest BCUT2D eigenvalue weighted by atomic mass is 19.2. The van der Waals surface area contributed by atoms with Crippen LogP contribution in [0.25, 0.3) is 0 Å². The summed E-state index contributed by atoms with van der Waals surface area (Å²) in [4.78, 5) is 14.4. The molecule has 0 saturated heterocycles. The Labute approximate surface area is 133 Å². The standard InChI is InChI=1S/C18H18F2N2O/c1-11(2)10-22-16-9-14(20)13(19)8-15(16)21-17(18(22)23)12-6-4-3-5-7-12/h3-9,11,17,21H,10H2,1-2H3. The summed E-state index contributed by atoms with van der Waals surface area (Å²) in [5.41, 5.74) is 1.61. The quantitative estimate of drug-likeness (QED) is 0.924. The van der Waals surface area contributed by atoms with E-state index in [1.165, 1.54) is 4.90 Å². The van der Waals surface area contributed by atoms with Crippen molar-refractivity contribution in [3.63, 3.8) is 0 Å². The molecule has 0 radical (unpaired) electrons. The number of hydrogen-bond acceptors (Lipinski definition) is 2. The summed E-state index contributed by atoms with van der Waals surface area (Å²) in [6.07, 6.45) is 0. The van der Waals surface area contributed by atoms with Crippen molar-refractivity contribution in [3.05, 3.63) is 59.7 Å². The number of carbonyl (C=O) groups excluding carboxylic acids is 1. The van der Waals surface area contributed by atoms with E-state index in [1.54, 1.807) is 0 Å². The maximum atomic E-state index is 13.6. The van der Waals surface area contributed by atoms with Crippen LogP contribution in [0.1, 0.15) is 25.5 Å². The number of rotatable bonds is 3. The van der Waals surface area contributed by atoms with Crippen LogP contribution < -0.4 is 10.2 Å². The minimum atomic E-state index is -0.953. The van der Waals surface area contributed by atoms with Gasteiger partial charge in [-0.15, -0.1) is 0 Å². The maximum Gasteiger partial charge on any atom is 0.254 e. The van der Waals surface area contributed by atoms with Gasteiger partial charge >= 0.3 is 0 Å². The van der Waals surface area contributed by atoms with Gasteiger partial charge < -0.3 is 10.2 Å². The van der Waals surface area contributed by atoms with Crippen LogP contribution in [-0.2, 0) is 4.79 Å². The molecule has 1 heterocycles. The molecule has 23 heavy (non-hydrogen) atoms. The highest BCUT2D eigenvalue weighted by molar-refractivity contribution is 6.05. The van der Waals surface area contributed by atoms with Crippen LogP contribution in [-0.4, -0.2) is 12.5 Å². The Balaban J connectivity index is 2.08. The monoisotopic (exact) mass is 316 g/mol. The van der Waals surface area contributed by atoms with Crippen LogP contribution >= 0.6 is 0 Å². The molecule has 0 bridgehead atoms. The fourth-order valence-corrected chi connectivity index (χ4v) is 2.79.